The number of aliphatic carboxylic acids is 1. The Kier molecular flexibility index (Phi) is 10.4. The van der Waals surface area contributed by atoms with Gasteiger partial charge in [0.15, 0.2) is 6.29 Å². The zero-order chi connectivity index (χ0) is 17.3. The van der Waals surface area contributed by atoms with Gasteiger partial charge in [-0.2, -0.15) is 0 Å². The number of hydrogen-bond donors (Lipinski definition) is 8. The first-order valence-electron chi connectivity index (χ1n) is 6.93. The Morgan fingerprint density at radius 3 is 2.14 bits per heavy atom. The predicted molar refractivity (Wildman–Crippen MR) is 74.5 cm³/mol. The molecule has 0 saturated carbocycles. The highest BCUT2D eigenvalue weighted by Crippen LogP contribution is 2.18. The highest BCUT2D eigenvalue weighted by atomic mass is 16.6. The van der Waals surface area contributed by atoms with Crippen LogP contribution in [0.25, 0.3) is 0 Å². The van der Waals surface area contributed by atoms with Crippen LogP contribution in [-0.4, -0.2) is 86.5 Å². The maximum Gasteiger partial charge on any atom is 0.320 e. The Balaban J connectivity index is 0.000000409. The topological polar surface area (TPSA) is 200 Å². The smallest absolute Gasteiger partial charge is 0.320 e. The molecule has 0 radical (unpaired) electrons. The van der Waals surface area contributed by atoms with Crippen LogP contribution in [0.2, 0.25) is 0 Å². The van der Waals surface area contributed by atoms with Crippen molar-refractivity contribution >= 4 is 5.97 Å². The van der Waals surface area contributed by atoms with E-state index in [1.54, 1.807) is 0 Å². The van der Waals surface area contributed by atoms with E-state index in [0.29, 0.717) is 13.0 Å². The Morgan fingerprint density at radius 2 is 1.68 bits per heavy atom. The van der Waals surface area contributed by atoms with Gasteiger partial charge in [-0.1, -0.05) is 6.42 Å². The second-order valence-corrected chi connectivity index (χ2v) is 4.95. The number of nitrogens with two attached hydrogens (primary N) is 2. The van der Waals surface area contributed by atoms with Crippen LogP contribution in [0.4, 0.5) is 0 Å². The summed E-state index contributed by atoms with van der Waals surface area (Å²) in [5.41, 5.74) is 10.4. The summed E-state index contributed by atoms with van der Waals surface area (Å²) in [6.45, 7) is 0.0777. The lowest BCUT2D eigenvalue weighted by Gasteiger charge is -2.37. The molecule has 0 aromatic heterocycles. The summed E-state index contributed by atoms with van der Waals surface area (Å²) in [6.07, 6.45) is -4.88. The first kappa shape index (κ1) is 21.1. The minimum atomic E-state index is -1.57. The average molecular weight is 326 g/mol. The van der Waals surface area contributed by atoms with Crippen molar-refractivity contribution in [2.75, 3.05) is 13.2 Å². The molecule has 1 heterocycles. The van der Waals surface area contributed by atoms with E-state index in [4.69, 9.17) is 42.1 Å². The van der Waals surface area contributed by atoms with Gasteiger partial charge in [-0.3, -0.25) is 4.79 Å². The minimum absolute atomic E-state index is 0.520. The van der Waals surface area contributed by atoms with Crippen molar-refractivity contribution in [1.29, 1.82) is 0 Å². The molecule has 1 rings (SSSR count). The van der Waals surface area contributed by atoms with E-state index in [-0.39, 0.29) is 0 Å². The summed E-state index contributed by atoms with van der Waals surface area (Å²) in [5, 5.41) is 53.0. The van der Waals surface area contributed by atoms with Crippen molar-refractivity contribution in [1.82, 2.24) is 0 Å². The zero-order valence-electron chi connectivity index (χ0n) is 12.2. The molecular weight excluding hydrogens is 300 g/mol. The van der Waals surface area contributed by atoms with Crippen molar-refractivity contribution in [2.45, 2.75) is 56.0 Å². The van der Waals surface area contributed by atoms with E-state index < -0.39 is 49.3 Å². The van der Waals surface area contributed by atoms with Crippen LogP contribution in [0.1, 0.15) is 19.3 Å². The molecule has 1 aliphatic heterocycles. The third kappa shape index (κ3) is 6.94. The average Bonchev–Trinajstić information content (AvgIpc) is 2.49. The molecule has 0 aromatic carbocycles. The molecule has 132 valence electrons. The molecule has 10 N–H and O–H groups in total. The van der Waals surface area contributed by atoms with Gasteiger partial charge in [-0.15, -0.1) is 0 Å². The van der Waals surface area contributed by atoms with Crippen molar-refractivity contribution < 1.29 is 40.2 Å². The first-order chi connectivity index (χ1) is 10.3. The second kappa shape index (κ2) is 10.8. The van der Waals surface area contributed by atoms with E-state index in [1.807, 2.05) is 0 Å². The Labute approximate surface area is 127 Å². The van der Waals surface area contributed by atoms with Gasteiger partial charge < -0.3 is 46.8 Å². The molecule has 1 saturated heterocycles. The van der Waals surface area contributed by atoms with E-state index in [0.717, 1.165) is 12.8 Å². The summed E-state index contributed by atoms with van der Waals surface area (Å²) in [6, 6.07) is -0.716. The van der Waals surface area contributed by atoms with E-state index >= 15 is 0 Å². The third-order valence-electron chi connectivity index (χ3n) is 3.15. The van der Waals surface area contributed by atoms with Crippen LogP contribution in [0.15, 0.2) is 0 Å². The maximum absolute atomic E-state index is 10.1. The fourth-order valence-electron chi connectivity index (χ4n) is 1.71. The maximum atomic E-state index is 10.1. The van der Waals surface area contributed by atoms with Crippen molar-refractivity contribution in [3.05, 3.63) is 0 Å². The van der Waals surface area contributed by atoms with Crippen LogP contribution in [0.3, 0.4) is 0 Å². The van der Waals surface area contributed by atoms with Gasteiger partial charge in [-0.25, -0.2) is 0 Å². The van der Waals surface area contributed by atoms with Crippen LogP contribution in [0.5, 0.6) is 0 Å². The summed E-state index contributed by atoms with van der Waals surface area (Å²) in [4.78, 5) is 10.1. The predicted octanol–water partition coefficient (Wildman–Crippen LogP) is -3.69. The molecule has 2 unspecified atom stereocenters. The molecule has 0 amide bonds. The fourth-order valence-corrected chi connectivity index (χ4v) is 1.71. The summed E-state index contributed by atoms with van der Waals surface area (Å²) < 4.78 is 4.58. The van der Waals surface area contributed by atoms with Crippen LogP contribution in [-0.2, 0) is 9.53 Å². The van der Waals surface area contributed by atoms with Gasteiger partial charge in [0.1, 0.15) is 30.5 Å². The third-order valence-corrected chi connectivity index (χ3v) is 3.15. The largest absolute Gasteiger partial charge is 0.480 e. The standard InChI is InChI=1S/C6H14N2O2.C6H12O6/c7-4-2-1-3-5(8)6(9)10;7-1-2-3(8)4(9)5(10)6(11)12-2/h5H,1-4,7-8H2,(H,9,10);2-11H,1H2/t5-;2?,3-,4-,5?,6+/m01/s1. The Bertz CT molecular complexity index is 315. The van der Waals surface area contributed by atoms with Gasteiger partial charge in [0.25, 0.3) is 0 Å². The van der Waals surface area contributed by atoms with Crippen LogP contribution in [0, 0.1) is 0 Å². The summed E-state index contributed by atoms with van der Waals surface area (Å²) in [7, 11) is 0. The number of unbranched alkanes of at least 4 members (excludes halogenated alkanes) is 1. The van der Waals surface area contributed by atoms with E-state index in [2.05, 4.69) is 4.74 Å². The molecule has 0 aliphatic carbocycles. The van der Waals surface area contributed by atoms with E-state index in [1.165, 1.54) is 0 Å². The highest BCUT2D eigenvalue weighted by molar-refractivity contribution is 5.72. The molecular formula is C12H26N2O8. The van der Waals surface area contributed by atoms with Crippen molar-refractivity contribution in [2.24, 2.45) is 11.5 Å². The molecule has 10 nitrogen and oxygen atoms in total. The lowest BCUT2D eigenvalue weighted by atomic mass is 10.00. The lowest BCUT2D eigenvalue weighted by molar-refractivity contribution is -0.286. The number of carboxylic acid groups (broad SMARTS) is 1. The molecule has 22 heavy (non-hydrogen) atoms. The lowest BCUT2D eigenvalue weighted by Crippen LogP contribution is -2.58. The van der Waals surface area contributed by atoms with E-state index in [9.17, 15) is 4.79 Å². The highest BCUT2D eigenvalue weighted by Gasteiger charge is 2.42. The monoisotopic (exact) mass is 326 g/mol. The van der Waals surface area contributed by atoms with Crippen LogP contribution < -0.4 is 11.5 Å². The zero-order valence-corrected chi connectivity index (χ0v) is 12.2. The minimum Gasteiger partial charge on any atom is -0.480 e. The van der Waals surface area contributed by atoms with Gasteiger partial charge in [0.05, 0.1) is 6.61 Å². The molecule has 0 aromatic rings. The van der Waals surface area contributed by atoms with Gasteiger partial charge in [0.2, 0.25) is 0 Å². The molecule has 1 aliphatic rings. The number of aliphatic hydroxyl groups excluding tert-OH is 5. The quantitative estimate of drug-likeness (QED) is 0.225. The number of rotatable bonds is 6. The van der Waals surface area contributed by atoms with Crippen molar-refractivity contribution in [3.8, 4) is 0 Å². The first-order valence-corrected chi connectivity index (χ1v) is 6.93. The van der Waals surface area contributed by atoms with Gasteiger partial charge >= 0.3 is 5.97 Å². The number of carboxylic acids is 1. The summed E-state index contributed by atoms with van der Waals surface area (Å²) >= 11 is 0. The summed E-state index contributed by atoms with van der Waals surface area (Å²) in [5.74, 6) is -0.933. The molecule has 0 spiro atoms. The SMILES string of the molecule is NCCCC[C@H](N)C(=O)O.OCC1O[C@H](O)C(O)[C@H](O)[C@@H]1O. The molecule has 1 fully saturated rings. The number of carbonyl (C=O) groups is 1. The van der Waals surface area contributed by atoms with Gasteiger partial charge in [-0.05, 0) is 19.4 Å². The molecule has 10 heteroatoms. The number of hydrogen-bond acceptors (Lipinski definition) is 9. The number of aliphatic hydroxyl groups is 5. The number of ether oxygens (including phenoxy) is 1. The van der Waals surface area contributed by atoms with Crippen LogP contribution >= 0.6 is 0 Å². The molecule has 0 bridgehead atoms. The van der Waals surface area contributed by atoms with Crippen molar-refractivity contribution in [3.63, 3.8) is 0 Å². The second-order valence-electron chi connectivity index (χ2n) is 4.95. The Hall–Kier alpha value is -0.850. The fraction of sp³-hybridized carbons (Fsp3) is 0.917. The normalized spacial score (nSPS) is 32.8. The Morgan fingerprint density at radius 1 is 1.09 bits per heavy atom. The molecule has 6 atom stereocenters. The van der Waals surface area contributed by atoms with Gasteiger partial charge in [0, 0.05) is 0 Å².